The molecular formula is C16H15N3O2. The van der Waals surface area contributed by atoms with Crippen molar-refractivity contribution in [3.63, 3.8) is 0 Å². The van der Waals surface area contributed by atoms with Gasteiger partial charge in [0, 0.05) is 11.1 Å². The van der Waals surface area contributed by atoms with Gasteiger partial charge in [-0.25, -0.2) is 4.79 Å². The van der Waals surface area contributed by atoms with Crippen LogP contribution in [0, 0.1) is 0 Å². The van der Waals surface area contributed by atoms with Crippen molar-refractivity contribution in [2.45, 2.75) is 6.92 Å². The number of nitrogens with zero attached hydrogens (tertiary/aromatic N) is 2. The smallest absolute Gasteiger partial charge is 0.347 e. The summed E-state index contributed by atoms with van der Waals surface area (Å²) < 4.78 is 6.72. The summed E-state index contributed by atoms with van der Waals surface area (Å²) in [6.45, 7) is 2.55. The van der Waals surface area contributed by atoms with Gasteiger partial charge in [0.15, 0.2) is 0 Å². The van der Waals surface area contributed by atoms with Crippen molar-refractivity contribution in [2.24, 2.45) is 0 Å². The zero-order chi connectivity index (χ0) is 14.7. The fourth-order valence-corrected chi connectivity index (χ4v) is 2.11. The summed E-state index contributed by atoms with van der Waals surface area (Å²) in [5.41, 5.74) is 1.48. The van der Waals surface area contributed by atoms with Crippen LogP contribution in [0.3, 0.4) is 0 Å². The van der Waals surface area contributed by atoms with E-state index in [2.05, 4.69) is 10.4 Å². The lowest BCUT2D eigenvalue weighted by Gasteiger charge is -2.07. The number of para-hydroxylation sites is 1. The van der Waals surface area contributed by atoms with Crippen LogP contribution in [0.4, 0.5) is 10.5 Å². The second kappa shape index (κ2) is 5.66. The molecule has 5 nitrogen and oxygen atoms in total. The third-order valence-corrected chi connectivity index (χ3v) is 3.09. The minimum Gasteiger partial charge on any atom is -0.494 e. The van der Waals surface area contributed by atoms with E-state index in [1.54, 1.807) is 18.3 Å². The van der Waals surface area contributed by atoms with Crippen LogP contribution in [0.2, 0.25) is 0 Å². The number of anilines is 1. The Morgan fingerprint density at radius 3 is 2.71 bits per heavy atom. The highest BCUT2D eigenvalue weighted by molar-refractivity contribution is 5.97. The summed E-state index contributed by atoms with van der Waals surface area (Å²) in [6, 6.07) is 14.5. The first-order valence-corrected chi connectivity index (χ1v) is 6.75. The SMILES string of the molecule is CCOc1ccc(NC(=O)n2ncc3ccccc32)cc1. The average molecular weight is 281 g/mol. The lowest BCUT2D eigenvalue weighted by atomic mass is 10.3. The summed E-state index contributed by atoms with van der Waals surface area (Å²) in [5.74, 6) is 0.778. The molecule has 0 aliphatic heterocycles. The molecule has 1 N–H and O–H groups in total. The highest BCUT2D eigenvalue weighted by atomic mass is 16.5. The molecular weight excluding hydrogens is 266 g/mol. The van der Waals surface area contributed by atoms with Gasteiger partial charge in [-0.2, -0.15) is 9.78 Å². The molecule has 1 heterocycles. The normalized spacial score (nSPS) is 10.5. The van der Waals surface area contributed by atoms with Gasteiger partial charge in [0.05, 0.1) is 18.3 Å². The third-order valence-electron chi connectivity index (χ3n) is 3.09. The predicted molar refractivity (Wildman–Crippen MR) is 81.8 cm³/mol. The fraction of sp³-hybridized carbons (Fsp3) is 0.125. The molecule has 1 aromatic heterocycles. The van der Waals surface area contributed by atoms with Gasteiger partial charge in [-0.15, -0.1) is 0 Å². The zero-order valence-corrected chi connectivity index (χ0v) is 11.6. The molecule has 0 saturated heterocycles. The monoisotopic (exact) mass is 281 g/mol. The van der Waals surface area contributed by atoms with Gasteiger partial charge in [0.25, 0.3) is 0 Å². The number of aromatic nitrogens is 2. The second-order valence-corrected chi connectivity index (χ2v) is 4.50. The van der Waals surface area contributed by atoms with Crippen molar-refractivity contribution in [3.8, 4) is 5.75 Å². The van der Waals surface area contributed by atoms with E-state index in [0.717, 1.165) is 16.7 Å². The Hall–Kier alpha value is -2.82. The van der Waals surface area contributed by atoms with E-state index in [-0.39, 0.29) is 6.03 Å². The van der Waals surface area contributed by atoms with Gasteiger partial charge < -0.3 is 10.1 Å². The van der Waals surface area contributed by atoms with E-state index >= 15 is 0 Å². The van der Waals surface area contributed by atoms with Crippen LogP contribution < -0.4 is 10.1 Å². The number of carbonyl (C=O) groups excluding carboxylic acids is 1. The van der Waals surface area contributed by atoms with Gasteiger partial charge in [-0.05, 0) is 37.3 Å². The molecule has 21 heavy (non-hydrogen) atoms. The third kappa shape index (κ3) is 2.72. The van der Waals surface area contributed by atoms with Crippen molar-refractivity contribution in [3.05, 3.63) is 54.7 Å². The van der Waals surface area contributed by atoms with Crippen molar-refractivity contribution >= 4 is 22.6 Å². The van der Waals surface area contributed by atoms with E-state index in [1.807, 2.05) is 43.3 Å². The Labute approximate surface area is 122 Å². The van der Waals surface area contributed by atoms with Crippen molar-refractivity contribution < 1.29 is 9.53 Å². The highest BCUT2D eigenvalue weighted by Crippen LogP contribution is 2.17. The maximum absolute atomic E-state index is 12.3. The molecule has 106 valence electrons. The van der Waals surface area contributed by atoms with Crippen LogP contribution in [-0.2, 0) is 0 Å². The molecule has 1 amide bonds. The number of rotatable bonds is 3. The van der Waals surface area contributed by atoms with Crippen LogP contribution in [0.1, 0.15) is 6.92 Å². The van der Waals surface area contributed by atoms with E-state index in [0.29, 0.717) is 12.3 Å². The Bertz CT molecular complexity index is 763. The van der Waals surface area contributed by atoms with Crippen molar-refractivity contribution in [2.75, 3.05) is 11.9 Å². The first kappa shape index (κ1) is 13.2. The predicted octanol–water partition coefficient (Wildman–Crippen LogP) is 3.52. The van der Waals surface area contributed by atoms with Crippen LogP contribution in [0.15, 0.2) is 54.7 Å². The standard InChI is InChI=1S/C16H15N3O2/c1-2-21-14-9-7-13(8-10-14)18-16(20)19-15-6-4-3-5-12(15)11-17-19/h3-11H,2H2,1H3,(H,18,20). The Kier molecular flexibility index (Phi) is 3.55. The van der Waals surface area contributed by atoms with Crippen LogP contribution >= 0.6 is 0 Å². The van der Waals surface area contributed by atoms with Gasteiger partial charge in [-0.1, -0.05) is 18.2 Å². The largest absolute Gasteiger partial charge is 0.494 e. The Morgan fingerprint density at radius 1 is 1.19 bits per heavy atom. The minimum absolute atomic E-state index is 0.291. The van der Waals surface area contributed by atoms with E-state index < -0.39 is 0 Å². The quantitative estimate of drug-likeness (QED) is 0.799. The molecule has 0 radical (unpaired) electrons. The number of hydrogen-bond acceptors (Lipinski definition) is 3. The maximum Gasteiger partial charge on any atom is 0.347 e. The molecule has 3 aromatic rings. The Morgan fingerprint density at radius 2 is 1.95 bits per heavy atom. The number of benzene rings is 2. The molecule has 5 heteroatoms. The molecule has 0 bridgehead atoms. The summed E-state index contributed by atoms with van der Waals surface area (Å²) in [5, 5.41) is 7.86. The average Bonchev–Trinajstić information content (AvgIpc) is 2.93. The Balaban J connectivity index is 1.79. The molecule has 0 atom stereocenters. The van der Waals surface area contributed by atoms with Crippen LogP contribution in [-0.4, -0.2) is 22.4 Å². The number of hydrogen-bond donors (Lipinski definition) is 1. The van der Waals surface area contributed by atoms with E-state index in [1.165, 1.54) is 4.68 Å². The van der Waals surface area contributed by atoms with Gasteiger partial charge in [0.1, 0.15) is 5.75 Å². The molecule has 0 aliphatic rings. The molecule has 0 spiro atoms. The van der Waals surface area contributed by atoms with Crippen molar-refractivity contribution in [1.29, 1.82) is 0 Å². The molecule has 0 fully saturated rings. The van der Waals surface area contributed by atoms with Crippen molar-refractivity contribution in [1.82, 2.24) is 9.78 Å². The number of carbonyl (C=O) groups is 1. The number of ether oxygens (including phenoxy) is 1. The topological polar surface area (TPSA) is 56.1 Å². The minimum atomic E-state index is -0.291. The zero-order valence-electron chi connectivity index (χ0n) is 11.6. The number of nitrogens with one attached hydrogen (secondary N) is 1. The summed E-state index contributed by atoms with van der Waals surface area (Å²) >= 11 is 0. The summed E-state index contributed by atoms with van der Waals surface area (Å²) in [4.78, 5) is 12.3. The van der Waals surface area contributed by atoms with Gasteiger partial charge in [-0.3, -0.25) is 0 Å². The summed E-state index contributed by atoms with van der Waals surface area (Å²) in [7, 11) is 0. The fourth-order valence-electron chi connectivity index (χ4n) is 2.11. The molecule has 0 saturated carbocycles. The van der Waals surface area contributed by atoms with Crippen LogP contribution in [0.5, 0.6) is 5.75 Å². The number of fused-ring (bicyclic) bond motifs is 1. The van der Waals surface area contributed by atoms with E-state index in [4.69, 9.17) is 4.74 Å². The lowest BCUT2D eigenvalue weighted by molar-refractivity contribution is 0.252. The summed E-state index contributed by atoms with van der Waals surface area (Å²) in [6.07, 6.45) is 1.67. The highest BCUT2D eigenvalue weighted by Gasteiger charge is 2.10. The first-order chi connectivity index (χ1) is 10.3. The molecule has 3 rings (SSSR count). The molecule has 0 aliphatic carbocycles. The second-order valence-electron chi connectivity index (χ2n) is 4.50. The first-order valence-electron chi connectivity index (χ1n) is 6.75. The van der Waals surface area contributed by atoms with E-state index in [9.17, 15) is 4.79 Å². The number of amides is 1. The molecule has 2 aromatic carbocycles. The van der Waals surface area contributed by atoms with Gasteiger partial charge >= 0.3 is 6.03 Å². The molecule has 0 unspecified atom stereocenters. The van der Waals surface area contributed by atoms with Crippen LogP contribution in [0.25, 0.3) is 10.9 Å². The van der Waals surface area contributed by atoms with Gasteiger partial charge in [0.2, 0.25) is 0 Å². The maximum atomic E-state index is 12.3. The lowest BCUT2D eigenvalue weighted by Crippen LogP contribution is -2.20.